The number of anilines is 3. The fraction of sp³-hybridized carbons (Fsp3) is 0.500. The number of nitrogen functional groups attached to an aromatic ring is 1. The first-order valence-electron chi connectivity index (χ1n) is 13.0. The molecule has 5 N–H and O–H groups in total. The fourth-order valence-electron chi connectivity index (χ4n) is 5.24. The smallest absolute Gasteiger partial charge is 0.393 e. The molecule has 210 valence electrons. The summed E-state index contributed by atoms with van der Waals surface area (Å²) in [5, 5.41) is 2.74. The molecule has 1 amide bonds. The molecule has 2 saturated heterocycles. The van der Waals surface area contributed by atoms with Gasteiger partial charge in [0, 0.05) is 44.6 Å². The maximum Gasteiger partial charge on any atom is 0.393 e. The van der Waals surface area contributed by atoms with Crippen LogP contribution in [-0.2, 0) is 11.2 Å². The third kappa shape index (κ3) is 6.26. The summed E-state index contributed by atoms with van der Waals surface area (Å²) in [6.07, 6.45) is 1.75. The van der Waals surface area contributed by atoms with Crippen molar-refractivity contribution >= 4 is 34.3 Å². The zero-order valence-corrected chi connectivity index (χ0v) is 21.4. The van der Waals surface area contributed by atoms with Crippen molar-refractivity contribution in [3.05, 3.63) is 41.9 Å². The van der Waals surface area contributed by atoms with E-state index in [-0.39, 0.29) is 36.6 Å². The van der Waals surface area contributed by atoms with Gasteiger partial charge in [-0.15, -0.1) is 0 Å². The second kappa shape index (κ2) is 11.4. The molecule has 0 saturated carbocycles. The second-order valence-electron chi connectivity index (χ2n) is 10.1. The van der Waals surface area contributed by atoms with Crippen LogP contribution >= 0.6 is 0 Å². The van der Waals surface area contributed by atoms with Crippen LogP contribution in [0.5, 0.6) is 0 Å². The van der Waals surface area contributed by atoms with Crippen LogP contribution in [0.25, 0.3) is 11.1 Å². The molecule has 5 heterocycles. The molecule has 0 bridgehead atoms. The van der Waals surface area contributed by atoms with E-state index in [1.165, 1.54) is 17.3 Å². The van der Waals surface area contributed by atoms with Crippen LogP contribution < -0.4 is 21.7 Å². The highest BCUT2D eigenvalue weighted by atomic mass is 19.4. The lowest BCUT2D eigenvalue weighted by Crippen LogP contribution is -2.51. The molecule has 3 aromatic heterocycles. The SMILES string of the molecule is Nc1oc2cc(CCCN3CCOCC3)cnc2c1C(=O)Nc1cnccc1N1C[C@@H](N)C[C@@H](C(F)(F)F)C1. The number of morpholine rings is 1. The number of ether oxygens (including phenoxy) is 1. The van der Waals surface area contributed by atoms with Gasteiger partial charge in [-0.3, -0.25) is 19.7 Å². The predicted molar refractivity (Wildman–Crippen MR) is 141 cm³/mol. The number of aromatic nitrogens is 2. The monoisotopic (exact) mass is 547 g/mol. The minimum atomic E-state index is -4.37. The Morgan fingerprint density at radius 1 is 1.21 bits per heavy atom. The van der Waals surface area contributed by atoms with E-state index in [4.69, 9.17) is 20.6 Å². The van der Waals surface area contributed by atoms with Crippen molar-refractivity contribution in [2.75, 3.05) is 61.9 Å². The summed E-state index contributed by atoms with van der Waals surface area (Å²) in [4.78, 5) is 25.7. The number of rotatable bonds is 7. The molecular weight excluding hydrogens is 515 g/mol. The third-order valence-corrected chi connectivity index (χ3v) is 7.22. The van der Waals surface area contributed by atoms with Gasteiger partial charge < -0.3 is 30.8 Å². The average Bonchev–Trinajstić information content (AvgIpc) is 3.23. The zero-order valence-electron chi connectivity index (χ0n) is 21.4. The molecule has 2 aliphatic rings. The van der Waals surface area contributed by atoms with E-state index in [1.807, 2.05) is 6.07 Å². The summed E-state index contributed by atoms with van der Waals surface area (Å²) >= 11 is 0. The first kappa shape index (κ1) is 27.2. The van der Waals surface area contributed by atoms with Crippen LogP contribution in [-0.4, -0.2) is 78.9 Å². The number of fused-ring (bicyclic) bond motifs is 1. The number of furan rings is 1. The topological polar surface area (TPSA) is 136 Å². The summed E-state index contributed by atoms with van der Waals surface area (Å²) in [7, 11) is 0. The molecule has 39 heavy (non-hydrogen) atoms. The summed E-state index contributed by atoms with van der Waals surface area (Å²) in [6.45, 7) is 4.26. The normalized spacial score (nSPS) is 20.9. The standard InChI is InChI=1S/C26H32F3N7O3/c27-26(28,29)17-11-18(30)15-36(14-17)20-3-4-32-13-19(20)34-25(37)22-23-21(39-24(22)31)10-16(12-33-23)2-1-5-35-6-8-38-9-7-35/h3-4,10,12-13,17-18H,1-2,5-9,11,14-15,30-31H2,(H,34,37)/t17-,18+/m1/s1. The molecule has 0 spiro atoms. The van der Waals surface area contributed by atoms with Gasteiger partial charge >= 0.3 is 6.18 Å². The molecule has 0 aromatic carbocycles. The molecule has 10 nitrogen and oxygen atoms in total. The van der Waals surface area contributed by atoms with Crippen molar-refractivity contribution in [3.63, 3.8) is 0 Å². The number of carbonyl (C=O) groups excluding carboxylic acids is 1. The Hall–Kier alpha value is -3.42. The summed E-state index contributed by atoms with van der Waals surface area (Å²) < 4.78 is 51.5. The maximum absolute atomic E-state index is 13.5. The Labute approximate surface area is 223 Å². The van der Waals surface area contributed by atoms with Crippen LogP contribution in [0, 0.1) is 5.92 Å². The van der Waals surface area contributed by atoms with Crippen LogP contribution in [0.3, 0.4) is 0 Å². The van der Waals surface area contributed by atoms with Crippen LogP contribution in [0.2, 0.25) is 0 Å². The molecule has 2 atom stereocenters. The number of hydrogen-bond donors (Lipinski definition) is 3. The van der Waals surface area contributed by atoms with Crippen LogP contribution in [0.1, 0.15) is 28.8 Å². The minimum Gasteiger partial charge on any atom is -0.438 e. The Morgan fingerprint density at radius 3 is 2.77 bits per heavy atom. The Kier molecular flexibility index (Phi) is 7.91. The van der Waals surface area contributed by atoms with Gasteiger partial charge in [-0.25, -0.2) is 0 Å². The number of nitrogens with two attached hydrogens (primary N) is 2. The third-order valence-electron chi connectivity index (χ3n) is 7.22. The highest BCUT2D eigenvalue weighted by molar-refractivity contribution is 6.15. The molecule has 0 radical (unpaired) electrons. The van der Waals surface area contributed by atoms with E-state index in [0.717, 1.165) is 51.3 Å². The fourth-order valence-corrected chi connectivity index (χ4v) is 5.24. The number of pyridine rings is 2. The van der Waals surface area contributed by atoms with Crippen molar-refractivity contribution in [1.29, 1.82) is 0 Å². The van der Waals surface area contributed by atoms with Crippen LogP contribution in [0.4, 0.5) is 30.4 Å². The van der Waals surface area contributed by atoms with E-state index < -0.39 is 24.0 Å². The number of halogens is 3. The van der Waals surface area contributed by atoms with Crippen molar-refractivity contribution in [2.24, 2.45) is 11.7 Å². The lowest BCUT2D eigenvalue weighted by atomic mass is 9.93. The van der Waals surface area contributed by atoms with Crippen molar-refractivity contribution in [2.45, 2.75) is 31.5 Å². The lowest BCUT2D eigenvalue weighted by Gasteiger charge is -2.39. The van der Waals surface area contributed by atoms with Gasteiger partial charge in [0.2, 0.25) is 5.88 Å². The average molecular weight is 548 g/mol. The van der Waals surface area contributed by atoms with E-state index in [0.29, 0.717) is 16.8 Å². The Morgan fingerprint density at radius 2 is 2.00 bits per heavy atom. The van der Waals surface area contributed by atoms with Gasteiger partial charge in [0.15, 0.2) is 5.58 Å². The van der Waals surface area contributed by atoms with Gasteiger partial charge in [0.05, 0.1) is 36.7 Å². The van der Waals surface area contributed by atoms with Crippen molar-refractivity contribution < 1.29 is 27.1 Å². The first-order chi connectivity index (χ1) is 18.7. The summed E-state index contributed by atoms with van der Waals surface area (Å²) in [6, 6.07) is 2.72. The number of carbonyl (C=O) groups is 1. The van der Waals surface area contributed by atoms with Crippen LogP contribution in [0.15, 0.2) is 35.1 Å². The Balaban J connectivity index is 1.30. The van der Waals surface area contributed by atoms with Gasteiger partial charge in [-0.2, -0.15) is 13.2 Å². The van der Waals surface area contributed by atoms with Gasteiger partial charge in [0.25, 0.3) is 5.91 Å². The first-order valence-corrected chi connectivity index (χ1v) is 13.0. The number of alkyl halides is 3. The largest absolute Gasteiger partial charge is 0.438 e. The molecule has 3 aromatic rings. The number of amides is 1. The number of hydrogen-bond acceptors (Lipinski definition) is 9. The summed E-state index contributed by atoms with van der Waals surface area (Å²) in [5.41, 5.74) is 14.4. The second-order valence-corrected chi connectivity index (χ2v) is 10.1. The molecule has 2 aliphatic heterocycles. The van der Waals surface area contributed by atoms with E-state index >= 15 is 0 Å². The molecule has 5 rings (SSSR count). The van der Waals surface area contributed by atoms with Gasteiger partial charge in [0.1, 0.15) is 11.1 Å². The van der Waals surface area contributed by atoms with E-state index in [9.17, 15) is 18.0 Å². The minimum absolute atomic E-state index is 0.0585. The lowest BCUT2D eigenvalue weighted by molar-refractivity contribution is -0.177. The zero-order chi connectivity index (χ0) is 27.6. The molecule has 0 unspecified atom stereocenters. The van der Waals surface area contributed by atoms with Gasteiger partial charge in [-0.1, -0.05) is 0 Å². The van der Waals surface area contributed by atoms with E-state index in [2.05, 4.69) is 20.2 Å². The molecule has 0 aliphatic carbocycles. The van der Waals surface area contributed by atoms with Crippen molar-refractivity contribution in [3.8, 4) is 0 Å². The van der Waals surface area contributed by atoms with Crippen molar-refractivity contribution in [1.82, 2.24) is 14.9 Å². The molecule has 13 heteroatoms. The number of aryl methyl sites for hydroxylation is 1. The quantitative estimate of drug-likeness (QED) is 0.408. The number of piperidine rings is 1. The van der Waals surface area contributed by atoms with E-state index in [1.54, 1.807) is 12.3 Å². The summed E-state index contributed by atoms with van der Waals surface area (Å²) in [5.74, 6) is -2.26. The molecule has 2 fully saturated rings. The Bertz CT molecular complexity index is 1310. The highest BCUT2D eigenvalue weighted by Gasteiger charge is 2.44. The maximum atomic E-state index is 13.5. The molecular formula is C26H32F3N7O3. The number of nitrogens with one attached hydrogen (secondary N) is 1. The predicted octanol–water partition coefficient (Wildman–Crippen LogP) is 3.04. The number of nitrogens with zero attached hydrogens (tertiary/aromatic N) is 4. The van der Waals surface area contributed by atoms with Gasteiger partial charge in [-0.05, 0) is 43.5 Å². The highest BCUT2D eigenvalue weighted by Crippen LogP contribution is 2.37.